The fourth-order valence-electron chi connectivity index (χ4n) is 1.99. The molecule has 0 aliphatic rings. The predicted molar refractivity (Wildman–Crippen MR) is 70.5 cm³/mol. The van der Waals surface area contributed by atoms with Crippen molar-refractivity contribution in [2.45, 2.75) is 26.8 Å². The third kappa shape index (κ3) is 2.74. The number of rotatable bonds is 4. The molecule has 0 radical (unpaired) electrons. The second kappa shape index (κ2) is 5.15. The monoisotopic (exact) mass is 229 g/mol. The second-order valence-electron chi connectivity index (χ2n) is 4.77. The molecule has 0 bridgehead atoms. The first-order chi connectivity index (χ1) is 8.20. The summed E-state index contributed by atoms with van der Waals surface area (Å²) in [5, 5.41) is 7.04. The molecule has 3 heteroatoms. The van der Waals surface area contributed by atoms with E-state index in [0.717, 1.165) is 23.2 Å². The van der Waals surface area contributed by atoms with E-state index in [4.69, 9.17) is 5.73 Å². The standard InChI is InChI=1S/C14H19N3/c1-10(2)7-11-3-5-12(6-4-11)14-13(8-15)9-16-17-14/h3-6,9-10H,7-8,15H2,1-2H3,(H,16,17). The molecule has 0 spiro atoms. The number of H-pyrrole nitrogens is 1. The Morgan fingerprint density at radius 2 is 1.94 bits per heavy atom. The van der Waals surface area contributed by atoms with Crippen LogP contribution < -0.4 is 5.73 Å². The number of benzene rings is 1. The Balaban J connectivity index is 2.23. The normalized spacial score (nSPS) is 11.1. The molecule has 1 heterocycles. The number of hydrogen-bond acceptors (Lipinski definition) is 2. The molecule has 0 fully saturated rings. The van der Waals surface area contributed by atoms with Gasteiger partial charge in [-0.2, -0.15) is 5.10 Å². The Labute approximate surface area is 102 Å². The van der Waals surface area contributed by atoms with Gasteiger partial charge in [-0.15, -0.1) is 0 Å². The lowest BCUT2D eigenvalue weighted by atomic mass is 10.00. The number of nitrogens with one attached hydrogen (secondary N) is 1. The lowest BCUT2D eigenvalue weighted by Crippen LogP contribution is -1.97. The molecule has 17 heavy (non-hydrogen) atoms. The van der Waals surface area contributed by atoms with Gasteiger partial charge in [0.1, 0.15) is 0 Å². The van der Waals surface area contributed by atoms with Crippen molar-refractivity contribution in [3.8, 4) is 11.3 Å². The van der Waals surface area contributed by atoms with Gasteiger partial charge < -0.3 is 5.73 Å². The number of nitrogens with zero attached hydrogens (tertiary/aromatic N) is 1. The summed E-state index contributed by atoms with van der Waals surface area (Å²) in [6, 6.07) is 8.61. The predicted octanol–water partition coefficient (Wildman–Crippen LogP) is 2.73. The maximum atomic E-state index is 5.67. The van der Waals surface area contributed by atoms with Crippen molar-refractivity contribution < 1.29 is 0 Å². The van der Waals surface area contributed by atoms with Gasteiger partial charge >= 0.3 is 0 Å². The summed E-state index contributed by atoms with van der Waals surface area (Å²) in [7, 11) is 0. The quantitative estimate of drug-likeness (QED) is 0.847. The van der Waals surface area contributed by atoms with Crippen LogP contribution in [0.3, 0.4) is 0 Å². The Hall–Kier alpha value is -1.61. The number of nitrogens with two attached hydrogens (primary N) is 1. The van der Waals surface area contributed by atoms with Gasteiger partial charge in [-0.25, -0.2) is 0 Å². The van der Waals surface area contributed by atoms with Gasteiger partial charge in [-0.1, -0.05) is 38.1 Å². The van der Waals surface area contributed by atoms with Crippen LogP contribution in [-0.2, 0) is 13.0 Å². The van der Waals surface area contributed by atoms with Crippen LogP contribution in [0.5, 0.6) is 0 Å². The summed E-state index contributed by atoms with van der Waals surface area (Å²) in [4.78, 5) is 0. The van der Waals surface area contributed by atoms with Gasteiger partial charge in [-0.3, -0.25) is 5.10 Å². The zero-order valence-electron chi connectivity index (χ0n) is 10.4. The molecule has 1 aromatic carbocycles. The van der Waals surface area contributed by atoms with E-state index in [0.29, 0.717) is 12.5 Å². The van der Waals surface area contributed by atoms with Crippen LogP contribution in [0.25, 0.3) is 11.3 Å². The average molecular weight is 229 g/mol. The maximum Gasteiger partial charge on any atom is 0.0695 e. The SMILES string of the molecule is CC(C)Cc1ccc(-c2[nH]ncc2CN)cc1. The van der Waals surface area contributed by atoms with E-state index >= 15 is 0 Å². The van der Waals surface area contributed by atoms with Gasteiger partial charge in [0.05, 0.1) is 11.9 Å². The van der Waals surface area contributed by atoms with Crippen LogP contribution in [0.1, 0.15) is 25.0 Å². The molecule has 0 saturated heterocycles. The first-order valence-corrected chi connectivity index (χ1v) is 6.02. The first-order valence-electron chi connectivity index (χ1n) is 6.02. The summed E-state index contributed by atoms with van der Waals surface area (Å²) in [5.74, 6) is 0.688. The molecule has 1 aromatic heterocycles. The maximum absolute atomic E-state index is 5.67. The molecule has 3 N–H and O–H groups in total. The first kappa shape index (κ1) is 11.9. The van der Waals surface area contributed by atoms with Gasteiger partial charge in [0.2, 0.25) is 0 Å². The van der Waals surface area contributed by atoms with Gasteiger partial charge in [0.15, 0.2) is 0 Å². The van der Waals surface area contributed by atoms with Crippen molar-refractivity contribution in [2.75, 3.05) is 0 Å². The van der Waals surface area contributed by atoms with Crippen molar-refractivity contribution in [3.05, 3.63) is 41.6 Å². The lowest BCUT2D eigenvalue weighted by molar-refractivity contribution is 0.647. The van der Waals surface area contributed by atoms with Crippen LogP contribution in [0, 0.1) is 5.92 Å². The van der Waals surface area contributed by atoms with Crippen LogP contribution in [0.15, 0.2) is 30.5 Å². The summed E-state index contributed by atoms with van der Waals surface area (Å²) >= 11 is 0. The minimum absolute atomic E-state index is 0.513. The van der Waals surface area contributed by atoms with Crippen molar-refractivity contribution in [1.82, 2.24) is 10.2 Å². The topological polar surface area (TPSA) is 54.7 Å². The van der Waals surface area contributed by atoms with Crippen LogP contribution >= 0.6 is 0 Å². The third-order valence-electron chi connectivity index (χ3n) is 2.82. The zero-order valence-corrected chi connectivity index (χ0v) is 10.4. The van der Waals surface area contributed by atoms with E-state index in [-0.39, 0.29) is 0 Å². The molecule has 3 nitrogen and oxygen atoms in total. The number of aromatic nitrogens is 2. The molecular weight excluding hydrogens is 210 g/mol. The van der Waals surface area contributed by atoms with Gasteiger partial charge in [-0.05, 0) is 23.5 Å². The molecule has 0 atom stereocenters. The summed E-state index contributed by atoms with van der Waals surface area (Å²) in [6.07, 6.45) is 2.91. The largest absolute Gasteiger partial charge is 0.326 e. The highest BCUT2D eigenvalue weighted by molar-refractivity contribution is 5.62. The molecule has 0 saturated carbocycles. The minimum Gasteiger partial charge on any atom is -0.326 e. The molecule has 0 aliphatic carbocycles. The highest BCUT2D eigenvalue weighted by atomic mass is 15.1. The van der Waals surface area contributed by atoms with E-state index in [1.165, 1.54) is 5.56 Å². The molecule has 2 rings (SSSR count). The van der Waals surface area contributed by atoms with E-state index in [1.54, 1.807) is 6.20 Å². The van der Waals surface area contributed by atoms with Crippen LogP contribution in [-0.4, -0.2) is 10.2 Å². The Morgan fingerprint density at radius 1 is 1.24 bits per heavy atom. The third-order valence-corrected chi connectivity index (χ3v) is 2.82. The van der Waals surface area contributed by atoms with Gasteiger partial charge in [0, 0.05) is 12.1 Å². The van der Waals surface area contributed by atoms with E-state index in [1.807, 2.05) is 0 Å². The molecule has 0 unspecified atom stereocenters. The van der Waals surface area contributed by atoms with Crippen LogP contribution in [0.4, 0.5) is 0 Å². The molecule has 2 aromatic rings. The van der Waals surface area contributed by atoms with Crippen LogP contribution in [0.2, 0.25) is 0 Å². The Morgan fingerprint density at radius 3 is 2.53 bits per heavy atom. The van der Waals surface area contributed by atoms with Gasteiger partial charge in [0.25, 0.3) is 0 Å². The summed E-state index contributed by atoms with van der Waals surface area (Å²) < 4.78 is 0. The highest BCUT2D eigenvalue weighted by Crippen LogP contribution is 2.21. The highest BCUT2D eigenvalue weighted by Gasteiger charge is 2.06. The fourth-order valence-corrected chi connectivity index (χ4v) is 1.99. The number of hydrogen-bond donors (Lipinski definition) is 2. The molecular formula is C14H19N3. The lowest BCUT2D eigenvalue weighted by Gasteiger charge is -2.06. The second-order valence-corrected chi connectivity index (χ2v) is 4.77. The smallest absolute Gasteiger partial charge is 0.0695 e. The Kier molecular flexibility index (Phi) is 3.59. The molecule has 0 amide bonds. The Bertz CT molecular complexity index is 468. The van der Waals surface area contributed by atoms with Crippen molar-refractivity contribution >= 4 is 0 Å². The van der Waals surface area contributed by atoms with E-state index in [2.05, 4.69) is 48.3 Å². The number of aromatic amines is 1. The minimum atomic E-state index is 0.513. The van der Waals surface area contributed by atoms with Crippen molar-refractivity contribution in [3.63, 3.8) is 0 Å². The van der Waals surface area contributed by atoms with Crippen molar-refractivity contribution in [1.29, 1.82) is 0 Å². The zero-order chi connectivity index (χ0) is 12.3. The summed E-state index contributed by atoms with van der Waals surface area (Å²) in [5.41, 5.74) is 10.3. The summed E-state index contributed by atoms with van der Waals surface area (Å²) in [6.45, 7) is 4.98. The molecule has 0 aliphatic heterocycles. The van der Waals surface area contributed by atoms with Crippen molar-refractivity contribution in [2.24, 2.45) is 11.7 Å². The molecule has 90 valence electrons. The average Bonchev–Trinajstić information content (AvgIpc) is 2.77. The van der Waals surface area contributed by atoms with E-state index in [9.17, 15) is 0 Å². The fraction of sp³-hybridized carbons (Fsp3) is 0.357. The van der Waals surface area contributed by atoms with E-state index < -0.39 is 0 Å².